The number of rotatable bonds is 2. The fraction of sp³-hybridized carbons (Fsp3) is 0. The molecular formula is C14H9ClN2OS. The molecule has 1 amide bonds. The van der Waals surface area contributed by atoms with Gasteiger partial charge in [-0.1, -0.05) is 29.8 Å². The predicted octanol–water partition coefficient (Wildman–Crippen LogP) is 4.20. The van der Waals surface area contributed by atoms with Gasteiger partial charge in [0.2, 0.25) is 0 Å². The van der Waals surface area contributed by atoms with Crippen molar-refractivity contribution in [3.8, 4) is 0 Å². The largest absolute Gasteiger partial charge is 0.305 e. The third-order valence-electron chi connectivity index (χ3n) is 2.72. The van der Waals surface area contributed by atoms with E-state index in [0.717, 1.165) is 10.1 Å². The number of carbonyl (C=O) groups is 1. The maximum absolute atomic E-state index is 12.2. The number of aromatic nitrogens is 1. The highest BCUT2D eigenvalue weighted by atomic mass is 35.5. The molecule has 19 heavy (non-hydrogen) atoms. The maximum Gasteiger partial charge on any atom is 0.258 e. The fourth-order valence-electron chi connectivity index (χ4n) is 1.81. The van der Waals surface area contributed by atoms with Gasteiger partial charge in [0.05, 0.1) is 10.6 Å². The van der Waals surface area contributed by atoms with Crippen molar-refractivity contribution in [2.45, 2.75) is 0 Å². The first-order chi connectivity index (χ1) is 9.25. The summed E-state index contributed by atoms with van der Waals surface area (Å²) in [6, 6.07) is 11.2. The molecule has 0 aliphatic carbocycles. The van der Waals surface area contributed by atoms with Crippen LogP contribution < -0.4 is 5.32 Å². The van der Waals surface area contributed by atoms with Gasteiger partial charge >= 0.3 is 0 Å². The van der Waals surface area contributed by atoms with Crippen LogP contribution in [0, 0.1) is 0 Å². The van der Waals surface area contributed by atoms with Crippen LogP contribution in [0.25, 0.3) is 10.1 Å². The molecule has 0 bridgehead atoms. The molecule has 2 heterocycles. The summed E-state index contributed by atoms with van der Waals surface area (Å²) in [7, 11) is 0. The quantitative estimate of drug-likeness (QED) is 0.768. The lowest BCUT2D eigenvalue weighted by Gasteiger charge is -2.04. The van der Waals surface area contributed by atoms with Gasteiger partial charge in [-0.05, 0) is 18.2 Å². The van der Waals surface area contributed by atoms with Gasteiger partial charge in [0.25, 0.3) is 5.91 Å². The maximum atomic E-state index is 12.2. The Morgan fingerprint density at radius 2 is 2.05 bits per heavy atom. The smallest absolute Gasteiger partial charge is 0.258 e. The number of thiophene rings is 1. The molecule has 0 radical (unpaired) electrons. The molecule has 0 unspecified atom stereocenters. The SMILES string of the molecule is O=C(Nc1ncccc1Cl)c1csc2ccccc12. The summed E-state index contributed by atoms with van der Waals surface area (Å²) >= 11 is 7.52. The first-order valence-electron chi connectivity index (χ1n) is 5.64. The van der Waals surface area contributed by atoms with E-state index in [1.54, 1.807) is 29.7 Å². The number of nitrogens with zero attached hydrogens (tertiary/aromatic N) is 1. The van der Waals surface area contributed by atoms with Crippen LogP contribution in [0.4, 0.5) is 5.82 Å². The van der Waals surface area contributed by atoms with E-state index in [1.807, 2.05) is 29.6 Å². The molecular weight excluding hydrogens is 280 g/mol. The number of hydrogen-bond donors (Lipinski definition) is 1. The minimum absolute atomic E-state index is 0.196. The van der Waals surface area contributed by atoms with Crippen molar-refractivity contribution in [1.29, 1.82) is 0 Å². The van der Waals surface area contributed by atoms with Crippen LogP contribution in [0.3, 0.4) is 0 Å². The molecule has 0 saturated heterocycles. The zero-order valence-electron chi connectivity index (χ0n) is 9.76. The first-order valence-corrected chi connectivity index (χ1v) is 6.89. The van der Waals surface area contributed by atoms with E-state index in [4.69, 9.17) is 11.6 Å². The molecule has 3 aromatic rings. The number of benzene rings is 1. The average molecular weight is 289 g/mol. The highest BCUT2D eigenvalue weighted by Crippen LogP contribution is 2.27. The lowest BCUT2D eigenvalue weighted by Crippen LogP contribution is -2.12. The lowest BCUT2D eigenvalue weighted by molar-refractivity contribution is 0.102. The standard InChI is InChI=1S/C14H9ClN2OS/c15-11-5-3-7-16-13(11)17-14(18)10-8-19-12-6-2-1-4-9(10)12/h1-8H,(H,16,17,18). The van der Waals surface area contributed by atoms with Crippen molar-refractivity contribution >= 4 is 44.7 Å². The molecule has 0 aliphatic heterocycles. The van der Waals surface area contributed by atoms with Crippen LogP contribution in [0.1, 0.15) is 10.4 Å². The van der Waals surface area contributed by atoms with Crippen LogP contribution in [0.5, 0.6) is 0 Å². The van der Waals surface area contributed by atoms with Crippen molar-refractivity contribution in [1.82, 2.24) is 4.98 Å². The predicted molar refractivity (Wildman–Crippen MR) is 79.0 cm³/mol. The Labute approximate surface area is 118 Å². The third-order valence-corrected chi connectivity index (χ3v) is 3.98. The number of amides is 1. The fourth-order valence-corrected chi connectivity index (χ4v) is 2.92. The van der Waals surface area contributed by atoms with Crippen molar-refractivity contribution in [2.24, 2.45) is 0 Å². The molecule has 1 N–H and O–H groups in total. The van der Waals surface area contributed by atoms with Crippen molar-refractivity contribution in [2.75, 3.05) is 5.32 Å². The summed E-state index contributed by atoms with van der Waals surface area (Å²) in [6.45, 7) is 0. The highest BCUT2D eigenvalue weighted by molar-refractivity contribution is 7.17. The Hall–Kier alpha value is -1.91. The van der Waals surface area contributed by atoms with Crippen molar-refractivity contribution in [3.05, 3.63) is 58.6 Å². The van der Waals surface area contributed by atoms with Crippen LogP contribution in [0.2, 0.25) is 5.02 Å². The van der Waals surface area contributed by atoms with Gasteiger partial charge in [0.1, 0.15) is 0 Å². The van der Waals surface area contributed by atoms with Gasteiger partial charge in [0.15, 0.2) is 5.82 Å². The van der Waals surface area contributed by atoms with Crippen molar-refractivity contribution in [3.63, 3.8) is 0 Å². The van der Waals surface area contributed by atoms with E-state index in [-0.39, 0.29) is 5.91 Å². The average Bonchev–Trinajstić information content (AvgIpc) is 2.85. The van der Waals surface area contributed by atoms with Crippen LogP contribution in [-0.2, 0) is 0 Å². The minimum Gasteiger partial charge on any atom is -0.305 e. The summed E-state index contributed by atoms with van der Waals surface area (Å²) in [5.74, 6) is 0.183. The molecule has 3 nitrogen and oxygen atoms in total. The Kier molecular flexibility index (Phi) is 3.19. The van der Waals surface area contributed by atoms with Gasteiger partial charge < -0.3 is 5.32 Å². The number of halogens is 1. The van der Waals surface area contributed by atoms with Gasteiger partial charge in [-0.25, -0.2) is 4.98 Å². The number of anilines is 1. The van der Waals surface area contributed by atoms with Crippen LogP contribution >= 0.6 is 22.9 Å². The second-order valence-electron chi connectivity index (χ2n) is 3.93. The second kappa shape index (κ2) is 4.99. The lowest BCUT2D eigenvalue weighted by atomic mass is 10.1. The van der Waals surface area contributed by atoms with Gasteiger partial charge in [-0.15, -0.1) is 11.3 Å². The second-order valence-corrected chi connectivity index (χ2v) is 5.25. The van der Waals surface area contributed by atoms with Crippen LogP contribution in [0.15, 0.2) is 48.0 Å². The van der Waals surface area contributed by atoms with Crippen LogP contribution in [-0.4, -0.2) is 10.9 Å². The number of carbonyl (C=O) groups excluding carboxylic acids is 1. The summed E-state index contributed by atoms with van der Waals surface area (Å²) in [4.78, 5) is 16.3. The summed E-state index contributed by atoms with van der Waals surface area (Å²) in [5.41, 5.74) is 0.641. The Morgan fingerprint density at radius 3 is 2.89 bits per heavy atom. The molecule has 5 heteroatoms. The minimum atomic E-state index is -0.196. The molecule has 3 rings (SSSR count). The van der Waals surface area contributed by atoms with Gasteiger partial charge in [-0.2, -0.15) is 0 Å². The van der Waals surface area contributed by atoms with E-state index in [2.05, 4.69) is 10.3 Å². The number of nitrogens with one attached hydrogen (secondary N) is 1. The number of pyridine rings is 1. The summed E-state index contributed by atoms with van der Waals surface area (Å²) in [6.07, 6.45) is 1.59. The Bertz CT molecular complexity index is 754. The molecule has 0 saturated carbocycles. The summed E-state index contributed by atoms with van der Waals surface area (Å²) in [5, 5.41) is 5.94. The zero-order valence-corrected chi connectivity index (χ0v) is 11.3. The van der Waals surface area contributed by atoms with E-state index < -0.39 is 0 Å². The molecule has 0 fully saturated rings. The number of hydrogen-bond acceptors (Lipinski definition) is 3. The van der Waals surface area contributed by atoms with E-state index in [9.17, 15) is 4.79 Å². The Balaban J connectivity index is 1.95. The Morgan fingerprint density at radius 1 is 1.21 bits per heavy atom. The molecule has 0 atom stereocenters. The van der Waals surface area contributed by atoms with Crippen molar-refractivity contribution < 1.29 is 4.79 Å². The molecule has 0 spiro atoms. The third kappa shape index (κ3) is 2.32. The van der Waals surface area contributed by atoms with E-state index in [1.165, 1.54) is 0 Å². The molecule has 2 aromatic heterocycles. The topological polar surface area (TPSA) is 42.0 Å². The first kappa shape index (κ1) is 12.1. The number of fused-ring (bicyclic) bond motifs is 1. The van der Waals surface area contributed by atoms with E-state index >= 15 is 0 Å². The normalized spacial score (nSPS) is 10.6. The van der Waals surface area contributed by atoms with Gasteiger partial charge in [-0.3, -0.25) is 4.79 Å². The monoisotopic (exact) mass is 288 g/mol. The van der Waals surface area contributed by atoms with Gasteiger partial charge in [0, 0.05) is 21.7 Å². The molecule has 1 aromatic carbocycles. The highest BCUT2D eigenvalue weighted by Gasteiger charge is 2.13. The van der Waals surface area contributed by atoms with E-state index in [0.29, 0.717) is 16.4 Å². The zero-order chi connectivity index (χ0) is 13.2. The molecule has 94 valence electrons. The summed E-state index contributed by atoms with van der Waals surface area (Å²) < 4.78 is 1.08. The molecule has 0 aliphatic rings.